The van der Waals surface area contributed by atoms with Crippen molar-refractivity contribution in [3.8, 4) is 5.75 Å². The van der Waals surface area contributed by atoms with Gasteiger partial charge in [-0.15, -0.1) is 0 Å². The fourth-order valence-electron chi connectivity index (χ4n) is 2.59. The van der Waals surface area contributed by atoms with Gasteiger partial charge in [0.15, 0.2) is 0 Å². The normalized spacial score (nSPS) is 12.5. The molecule has 0 spiro atoms. The SMILES string of the molecule is C[As](C)CCOc1ccc(/C=c2\[nH]c(=O)/c(=C/c3ccccc3)[nH]c2=O)cc1. The fraction of sp³-hybridized carbons (Fsp3) is 0.182. The molecule has 6 heteroatoms. The first-order chi connectivity index (χ1) is 13.5. The summed E-state index contributed by atoms with van der Waals surface area (Å²) < 4.78 is 5.73. The van der Waals surface area contributed by atoms with Crippen LogP contribution in [0.4, 0.5) is 0 Å². The first kappa shape index (κ1) is 20.0. The summed E-state index contributed by atoms with van der Waals surface area (Å²) in [5.74, 6) is 0.809. The Hall–Kier alpha value is -2.78. The number of aromatic nitrogens is 2. The number of rotatable bonds is 6. The van der Waals surface area contributed by atoms with Gasteiger partial charge < -0.3 is 0 Å². The van der Waals surface area contributed by atoms with Crippen molar-refractivity contribution >= 4 is 26.8 Å². The first-order valence-electron chi connectivity index (χ1n) is 9.00. The molecule has 2 aromatic carbocycles. The van der Waals surface area contributed by atoms with Gasteiger partial charge in [0.05, 0.1) is 0 Å². The Morgan fingerprint density at radius 1 is 0.821 bits per heavy atom. The Kier molecular flexibility index (Phi) is 6.72. The van der Waals surface area contributed by atoms with Gasteiger partial charge in [0.25, 0.3) is 0 Å². The van der Waals surface area contributed by atoms with E-state index in [2.05, 4.69) is 21.4 Å². The van der Waals surface area contributed by atoms with Crippen molar-refractivity contribution < 1.29 is 4.74 Å². The summed E-state index contributed by atoms with van der Waals surface area (Å²) in [6, 6.07) is 16.9. The van der Waals surface area contributed by atoms with Crippen molar-refractivity contribution in [3.63, 3.8) is 0 Å². The number of ether oxygens (including phenoxy) is 1. The van der Waals surface area contributed by atoms with Crippen molar-refractivity contribution in [3.05, 3.63) is 97.1 Å². The molecule has 0 aliphatic heterocycles. The van der Waals surface area contributed by atoms with Gasteiger partial charge in [0.2, 0.25) is 0 Å². The van der Waals surface area contributed by atoms with Crippen LogP contribution >= 0.6 is 0 Å². The van der Waals surface area contributed by atoms with Gasteiger partial charge in [0.1, 0.15) is 0 Å². The zero-order chi connectivity index (χ0) is 19.9. The Labute approximate surface area is 167 Å². The molecular weight excluding hydrogens is 415 g/mol. The number of hydrogen-bond donors (Lipinski definition) is 2. The summed E-state index contributed by atoms with van der Waals surface area (Å²) in [4.78, 5) is 30.0. The molecule has 0 atom stereocenters. The molecule has 0 radical (unpaired) electrons. The Morgan fingerprint density at radius 3 is 1.89 bits per heavy atom. The quantitative estimate of drug-likeness (QED) is 0.577. The number of aromatic amines is 2. The summed E-state index contributed by atoms with van der Waals surface area (Å²) >= 11 is -0.673. The van der Waals surface area contributed by atoms with Crippen LogP contribution in [-0.2, 0) is 0 Å². The Balaban J connectivity index is 1.85. The van der Waals surface area contributed by atoms with Crippen LogP contribution in [0, 0.1) is 0 Å². The van der Waals surface area contributed by atoms with E-state index in [-0.39, 0.29) is 21.8 Å². The van der Waals surface area contributed by atoms with Crippen LogP contribution in [0.2, 0.25) is 16.6 Å². The first-order valence-corrected chi connectivity index (χ1v) is 14.1. The van der Waals surface area contributed by atoms with E-state index >= 15 is 0 Å². The van der Waals surface area contributed by atoms with Crippen molar-refractivity contribution in [2.45, 2.75) is 16.6 Å². The average Bonchev–Trinajstić information content (AvgIpc) is 2.68. The maximum atomic E-state index is 12.4. The minimum absolute atomic E-state index is 0.218. The number of H-pyrrole nitrogens is 2. The van der Waals surface area contributed by atoms with Crippen molar-refractivity contribution in [2.24, 2.45) is 0 Å². The third kappa shape index (κ3) is 5.61. The van der Waals surface area contributed by atoms with E-state index in [1.54, 1.807) is 12.2 Å². The van der Waals surface area contributed by atoms with Crippen LogP contribution in [0.3, 0.4) is 0 Å². The predicted molar refractivity (Wildman–Crippen MR) is 115 cm³/mol. The average molecular weight is 438 g/mol. The van der Waals surface area contributed by atoms with Gasteiger partial charge in [0, 0.05) is 0 Å². The maximum absolute atomic E-state index is 12.4. The second kappa shape index (κ2) is 9.43. The molecule has 0 saturated heterocycles. The molecule has 28 heavy (non-hydrogen) atoms. The zero-order valence-corrected chi connectivity index (χ0v) is 17.8. The summed E-state index contributed by atoms with van der Waals surface area (Å²) in [7, 11) is 0. The Morgan fingerprint density at radius 2 is 1.36 bits per heavy atom. The van der Waals surface area contributed by atoms with Gasteiger partial charge >= 0.3 is 126 Å². The van der Waals surface area contributed by atoms with Crippen LogP contribution in [0.25, 0.3) is 12.2 Å². The molecule has 0 unspecified atom stereocenters. The van der Waals surface area contributed by atoms with E-state index in [9.17, 15) is 9.59 Å². The molecule has 3 rings (SSSR count). The van der Waals surface area contributed by atoms with E-state index in [4.69, 9.17) is 4.74 Å². The number of nitrogens with one attached hydrogen (secondary N) is 2. The summed E-state index contributed by atoms with van der Waals surface area (Å²) in [5.41, 5.74) is 5.57. The molecule has 5 nitrogen and oxygen atoms in total. The van der Waals surface area contributed by atoms with Gasteiger partial charge in [-0.25, -0.2) is 0 Å². The standard InChI is InChI=1S/C22H23AsN2O3/c1-23(2)12-13-28-18-10-8-17(9-11-18)15-20-22(27)24-19(21(26)25-20)14-16-6-4-3-5-7-16/h3-11,14-15H,12-13H2,1-2H3,(H,24,27)(H,25,26)/b19-14-,20-15-. The third-order valence-corrected chi connectivity index (χ3v) is 6.35. The van der Waals surface area contributed by atoms with Crippen LogP contribution < -0.4 is 26.6 Å². The summed E-state index contributed by atoms with van der Waals surface area (Å²) in [6.45, 7) is 0.739. The van der Waals surface area contributed by atoms with Gasteiger partial charge in [-0.05, 0) is 11.6 Å². The zero-order valence-electron chi connectivity index (χ0n) is 15.9. The van der Waals surface area contributed by atoms with Crippen molar-refractivity contribution in [2.75, 3.05) is 6.61 Å². The number of benzene rings is 2. The van der Waals surface area contributed by atoms with Gasteiger partial charge in [-0.2, -0.15) is 0 Å². The van der Waals surface area contributed by atoms with Crippen LogP contribution in [-0.4, -0.2) is 31.2 Å². The van der Waals surface area contributed by atoms with Gasteiger partial charge in [-0.3, -0.25) is 0 Å². The molecule has 0 aliphatic carbocycles. The van der Waals surface area contributed by atoms with Crippen LogP contribution in [0.15, 0.2) is 64.2 Å². The molecule has 3 aromatic rings. The van der Waals surface area contributed by atoms with E-state index in [0.29, 0.717) is 0 Å². The Bertz CT molecular complexity index is 1150. The molecule has 0 bridgehead atoms. The molecule has 0 saturated carbocycles. The molecule has 1 heterocycles. The van der Waals surface area contributed by atoms with E-state index in [1.165, 1.54) is 0 Å². The topological polar surface area (TPSA) is 75.0 Å². The summed E-state index contributed by atoms with van der Waals surface area (Å²) in [5, 5.41) is 1.59. The predicted octanol–water partition coefficient (Wildman–Crippen LogP) is 1.85. The molecular formula is C22H23AsN2O3. The molecule has 0 aliphatic rings. The minimum atomic E-state index is -0.673. The van der Waals surface area contributed by atoms with Gasteiger partial charge in [-0.1, -0.05) is 30.3 Å². The second-order valence-electron chi connectivity index (χ2n) is 6.66. The third-order valence-electron chi connectivity index (χ3n) is 4.09. The molecule has 0 fully saturated rings. The summed E-state index contributed by atoms with van der Waals surface area (Å²) in [6.07, 6.45) is 3.30. The van der Waals surface area contributed by atoms with Crippen LogP contribution in [0.5, 0.6) is 5.75 Å². The molecule has 2 N–H and O–H groups in total. The monoisotopic (exact) mass is 438 g/mol. The fourth-order valence-corrected chi connectivity index (χ4v) is 3.54. The molecule has 1 aromatic heterocycles. The number of hydrogen-bond acceptors (Lipinski definition) is 3. The van der Waals surface area contributed by atoms with Crippen LogP contribution in [0.1, 0.15) is 11.1 Å². The van der Waals surface area contributed by atoms with Crippen molar-refractivity contribution in [1.82, 2.24) is 9.97 Å². The van der Waals surface area contributed by atoms with E-state index < -0.39 is 14.7 Å². The van der Waals surface area contributed by atoms with E-state index in [0.717, 1.165) is 28.7 Å². The van der Waals surface area contributed by atoms with Crippen molar-refractivity contribution in [1.29, 1.82) is 0 Å². The molecule has 0 amide bonds. The van der Waals surface area contributed by atoms with E-state index in [1.807, 2.05) is 54.6 Å². The second-order valence-corrected chi connectivity index (χ2v) is 12.1. The molecule has 144 valence electrons.